The molecule has 0 unspecified atom stereocenters. The standard InChI is InChI=1S/C21H17N5O4/c22-18-15(16(27)12-6-2-1-3-7-12)21(13-8-4-5-9-14(13)24-20(21)28)17(26(29)30)19-23-10-11-25(18)19/h1-9,22-23,27H,10-11H2,(H,24,28)/b16-15+,22-18?/t21-/m0/s1. The average molecular weight is 403 g/mol. The van der Waals surface area contributed by atoms with Gasteiger partial charge < -0.3 is 20.6 Å². The van der Waals surface area contributed by atoms with E-state index in [1.165, 1.54) is 4.90 Å². The number of amidine groups is 1. The van der Waals surface area contributed by atoms with Crippen LogP contribution < -0.4 is 10.6 Å². The fraction of sp³-hybridized carbons (Fsp3) is 0.143. The lowest BCUT2D eigenvalue weighted by Gasteiger charge is -2.37. The van der Waals surface area contributed by atoms with Crippen molar-refractivity contribution in [2.75, 3.05) is 18.4 Å². The summed E-state index contributed by atoms with van der Waals surface area (Å²) in [4.78, 5) is 26.7. The molecule has 5 rings (SSSR count). The van der Waals surface area contributed by atoms with Crippen LogP contribution in [0.2, 0.25) is 0 Å². The molecule has 150 valence electrons. The number of hydrogen-bond acceptors (Lipinski definition) is 6. The smallest absolute Gasteiger partial charge is 0.311 e. The second kappa shape index (κ2) is 6.18. The molecule has 2 aromatic carbocycles. The molecular formula is C21H17N5O4. The highest BCUT2D eigenvalue weighted by molar-refractivity contribution is 6.21. The first kappa shape index (κ1) is 17.9. The van der Waals surface area contributed by atoms with Gasteiger partial charge in [-0.15, -0.1) is 0 Å². The summed E-state index contributed by atoms with van der Waals surface area (Å²) in [5.74, 6) is -1.04. The Morgan fingerprint density at radius 1 is 1.17 bits per heavy atom. The number of hydrogen-bond donors (Lipinski definition) is 4. The van der Waals surface area contributed by atoms with E-state index in [1.54, 1.807) is 54.6 Å². The van der Waals surface area contributed by atoms with Crippen LogP contribution in [-0.4, -0.2) is 39.8 Å². The van der Waals surface area contributed by atoms with Crippen molar-refractivity contribution in [3.05, 3.63) is 92.9 Å². The van der Waals surface area contributed by atoms with Crippen LogP contribution in [0.15, 0.2) is 71.7 Å². The maximum absolute atomic E-state index is 13.5. The Morgan fingerprint density at radius 2 is 1.87 bits per heavy atom. The minimum Gasteiger partial charge on any atom is -0.507 e. The summed E-state index contributed by atoms with van der Waals surface area (Å²) in [6.07, 6.45) is 0. The van der Waals surface area contributed by atoms with Gasteiger partial charge >= 0.3 is 5.70 Å². The predicted molar refractivity (Wildman–Crippen MR) is 109 cm³/mol. The highest BCUT2D eigenvalue weighted by Crippen LogP contribution is 2.53. The zero-order chi connectivity index (χ0) is 21.0. The lowest BCUT2D eigenvalue weighted by atomic mass is 9.68. The second-order valence-corrected chi connectivity index (χ2v) is 7.22. The van der Waals surface area contributed by atoms with Crippen molar-refractivity contribution in [2.24, 2.45) is 0 Å². The number of amides is 1. The van der Waals surface area contributed by atoms with Gasteiger partial charge in [0.1, 0.15) is 11.6 Å². The van der Waals surface area contributed by atoms with Gasteiger partial charge in [-0.1, -0.05) is 48.5 Å². The summed E-state index contributed by atoms with van der Waals surface area (Å²) >= 11 is 0. The second-order valence-electron chi connectivity index (χ2n) is 7.22. The minimum atomic E-state index is -1.96. The van der Waals surface area contributed by atoms with Crippen LogP contribution in [0.4, 0.5) is 5.69 Å². The summed E-state index contributed by atoms with van der Waals surface area (Å²) in [6, 6.07) is 15.1. The van der Waals surface area contributed by atoms with Crippen molar-refractivity contribution in [2.45, 2.75) is 5.41 Å². The van der Waals surface area contributed by atoms with Gasteiger partial charge in [-0.25, -0.2) is 0 Å². The van der Waals surface area contributed by atoms with Gasteiger partial charge in [0, 0.05) is 29.9 Å². The van der Waals surface area contributed by atoms with Gasteiger partial charge in [-0.2, -0.15) is 0 Å². The van der Waals surface area contributed by atoms with E-state index in [4.69, 9.17) is 5.41 Å². The molecule has 0 aliphatic carbocycles. The largest absolute Gasteiger partial charge is 0.507 e. The Balaban J connectivity index is 1.95. The quantitative estimate of drug-likeness (QED) is 0.345. The molecule has 9 heteroatoms. The number of para-hydroxylation sites is 1. The van der Waals surface area contributed by atoms with Crippen LogP contribution >= 0.6 is 0 Å². The Hall–Kier alpha value is -4.14. The molecule has 3 aliphatic heterocycles. The van der Waals surface area contributed by atoms with Gasteiger partial charge in [-0.05, 0) is 6.07 Å². The summed E-state index contributed by atoms with van der Waals surface area (Å²) in [6.45, 7) is 0.699. The highest BCUT2D eigenvalue weighted by Gasteiger charge is 2.66. The highest BCUT2D eigenvalue weighted by atomic mass is 16.6. The minimum absolute atomic E-state index is 0.102. The topological polar surface area (TPSA) is 132 Å². The summed E-state index contributed by atoms with van der Waals surface area (Å²) in [5, 5.41) is 38.1. The molecule has 3 heterocycles. The third kappa shape index (κ3) is 2.11. The lowest BCUT2D eigenvalue weighted by molar-refractivity contribution is -0.435. The Bertz CT molecular complexity index is 1190. The predicted octanol–water partition coefficient (Wildman–Crippen LogP) is 2.19. The van der Waals surface area contributed by atoms with Crippen molar-refractivity contribution in [1.29, 1.82) is 5.41 Å². The number of rotatable bonds is 2. The molecule has 2 aromatic rings. The monoisotopic (exact) mass is 403 g/mol. The molecule has 30 heavy (non-hydrogen) atoms. The Labute approximate surface area is 171 Å². The van der Waals surface area contributed by atoms with Crippen LogP contribution in [0, 0.1) is 15.5 Å². The van der Waals surface area contributed by atoms with Crippen molar-refractivity contribution in [3.8, 4) is 0 Å². The number of carbonyl (C=O) groups excluding carboxylic acids is 1. The number of benzene rings is 2. The van der Waals surface area contributed by atoms with Crippen molar-refractivity contribution in [3.63, 3.8) is 0 Å². The number of aliphatic hydroxyl groups is 1. The van der Waals surface area contributed by atoms with Crippen LogP contribution in [-0.2, 0) is 10.2 Å². The van der Waals surface area contributed by atoms with Crippen LogP contribution in [0.25, 0.3) is 5.76 Å². The molecule has 1 atom stereocenters. The third-order valence-corrected chi connectivity index (χ3v) is 5.75. The third-order valence-electron chi connectivity index (χ3n) is 5.75. The maximum Gasteiger partial charge on any atom is 0.311 e. The number of aliphatic hydroxyl groups excluding tert-OH is 1. The van der Waals surface area contributed by atoms with E-state index in [0.717, 1.165) is 0 Å². The number of nitrogens with zero attached hydrogens (tertiary/aromatic N) is 2. The number of nitro groups is 1. The molecule has 1 saturated heterocycles. The molecule has 1 amide bonds. The van der Waals surface area contributed by atoms with Gasteiger partial charge in [-0.3, -0.25) is 20.3 Å². The summed E-state index contributed by atoms with van der Waals surface area (Å²) < 4.78 is 0. The van der Waals surface area contributed by atoms with Gasteiger partial charge in [0.05, 0.1) is 10.5 Å². The Morgan fingerprint density at radius 3 is 2.60 bits per heavy atom. The number of fused-ring (bicyclic) bond motifs is 3. The van der Waals surface area contributed by atoms with Gasteiger partial charge in [0.25, 0.3) is 5.91 Å². The number of carbonyl (C=O) groups is 1. The number of anilines is 1. The maximum atomic E-state index is 13.5. The average Bonchev–Trinajstić information content (AvgIpc) is 3.33. The zero-order valence-corrected chi connectivity index (χ0v) is 15.7. The van der Waals surface area contributed by atoms with Crippen molar-refractivity contribution >= 4 is 23.2 Å². The van der Waals surface area contributed by atoms with E-state index >= 15 is 0 Å². The van der Waals surface area contributed by atoms with E-state index in [9.17, 15) is 20.0 Å². The van der Waals surface area contributed by atoms with E-state index in [1.807, 2.05) is 0 Å². The normalized spacial score (nSPS) is 23.8. The van der Waals surface area contributed by atoms with Gasteiger partial charge in [0.15, 0.2) is 5.82 Å². The van der Waals surface area contributed by atoms with E-state index < -0.39 is 21.9 Å². The first-order valence-corrected chi connectivity index (χ1v) is 9.37. The molecule has 0 radical (unpaired) electrons. The molecule has 0 bridgehead atoms. The van der Waals surface area contributed by atoms with Gasteiger partial charge in [0.2, 0.25) is 5.41 Å². The summed E-state index contributed by atoms with van der Waals surface area (Å²) in [5.41, 5.74) is -1.33. The first-order valence-electron chi connectivity index (χ1n) is 9.37. The molecule has 3 aliphatic rings. The first-order chi connectivity index (χ1) is 14.5. The molecule has 4 N–H and O–H groups in total. The molecule has 1 fully saturated rings. The SMILES string of the molecule is N=C1/C(=C(\O)c2ccccc2)[C@]2(C(=O)Nc3ccccc32)C([N+](=O)[O-])=C2NCCN12. The molecule has 1 spiro atoms. The van der Waals surface area contributed by atoms with E-state index in [0.29, 0.717) is 29.9 Å². The van der Waals surface area contributed by atoms with Crippen LogP contribution in [0.3, 0.4) is 0 Å². The van der Waals surface area contributed by atoms with Crippen molar-refractivity contribution < 1.29 is 14.8 Å². The lowest BCUT2D eigenvalue weighted by Crippen LogP contribution is -2.53. The van der Waals surface area contributed by atoms with E-state index in [-0.39, 0.29) is 23.0 Å². The fourth-order valence-electron chi connectivity index (χ4n) is 4.53. The zero-order valence-electron chi connectivity index (χ0n) is 15.7. The van der Waals surface area contributed by atoms with Crippen molar-refractivity contribution in [1.82, 2.24) is 10.2 Å². The summed E-state index contributed by atoms with van der Waals surface area (Å²) in [7, 11) is 0. The molecule has 0 aromatic heterocycles. The molecule has 0 saturated carbocycles. The van der Waals surface area contributed by atoms with Crippen LogP contribution in [0.5, 0.6) is 0 Å². The molecule has 9 nitrogen and oxygen atoms in total. The molecular weight excluding hydrogens is 386 g/mol. The Kier molecular flexibility index (Phi) is 3.69. The fourth-order valence-corrected chi connectivity index (χ4v) is 4.53. The van der Waals surface area contributed by atoms with Crippen LogP contribution in [0.1, 0.15) is 11.1 Å². The van der Waals surface area contributed by atoms with E-state index in [2.05, 4.69) is 10.6 Å². The number of nitrogens with one attached hydrogen (secondary N) is 3.